The van der Waals surface area contributed by atoms with Crippen molar-refractivity contribution in [3.63, 3.8) is 0 Å². The molecule has 0 aliphatic heterocycles. The van der Waals surface area contributed by atoms with Crippen molar-refractivity contribution in [3.8, 4) is 0 Å². The second-order valence-electron chi connectivity index (χ2n) is 4.83. The molecular weight excluding hydrogens is 347 g/mol. The van der Waals surface area contributed by atoms with E-state index in [4.69, 9.17) is 4.42 Å². The largest absolute Gasteiger partial charge is 0.437 e. The van der Waals surface area contributed by atoms with Crippen LogP contribution in [0.1, 0.15) is 18.1 Å². The lowest BCUT2D eigenvalue weighted by Crippen LogP contribution is -2.29. The van der Waals surface area contributed by atoms with E-state index in [0.717, 1.165) is 23.4 Å². The van der Waals surface area contributed by atoms with Gasteiger partial charge in [-0.25, -0.2) is 9.59 Å². The van der Waals surface area contributed by atoms with Gasteiger partial charge in [-0.2, -0.15) is 13.2 Å². The van der Waals surface area contributed by atoms with Gasteiger partial charge in [-0.05, 0) is 36.9 Å². The maximum atomic E-state index is 13.1. The van der Waals surface area contributed by atoms with Crippen molar-refractivity contribution in [1.82, 2.24) is 0 Å². The molecule has 0 radical (unpaired) electrons. The Bertz CT molecular complexity index is 887. The van der Waals surface area contributed by atoms with Crippen molar-refractivity contribution in [2.24, 2.45) is 5.16 Å². The molecule has 1 aromatic carbocycles. The number of rotatable bonds is 3. The minimum Gasteiger partial charge on any atom is -0.422 e. The number of hydrogen-bond donors (Lipinski definition) is 0. The van der Waals surface area contributed by atoms with Gasteiger partial charge in [0.25, 0.3) is 0 Å². The third-order valence-electron chi connectivity index (χ3n) is 3.04. The highest BCUT2D eigenvalue weighted by Crippen LogP contribution is 2.28. The molecule has 2 rings (SSSR count). The number of fused-ring (bicyclic) bond motifs is 1. The van der Waals surface area contributed by atoms with Gasteiger partial charge in [0.1, 0.15) is 5.58 Å². The summed E-state index contributed by atoms with van der Waals surface area (Å²) in [6, 6.07) is 4.21. The zero-order valence-corrected chi connectivity index (χ0v) is 13.7. The molecule has 5 nitrogen and oxygen atoms in total. The molecule has 0 saturated carbocycles. The van der Waals surface area contributed by atoms with Crippen LogP contribution in [-0.4, -0.2) is 24.1 Å². The standard InChI is InChI=1S/C15H12F3NO4S/c1-7-4-11-9(6-12(7)24-3)5-10(14(21)22-11)13(15(16,17)18)19-23-8(2)20/h4-6H,1-3H3/b19-13-. The molecule has 0 amide bonds. The molecule has 9 heteroatoms. The van der Waals surface area contributed by atoms with Gasteiger partial charge in [0, 0.05) is 17.2 Å². The quantitative estimate of drug-likeness (QED) is 0.275. The predicted octanol–water partition coefficient (Wildman–Crippen LogP) is 3.65. The Balaban J connectivity index is 2.71. The van der Waals surface area contributed by atoms with Crippen LogP contribution in [0.5, 0.6) is 0 Å². The Morgan fingerprint density at radius 3 is 2.50 bits per heavy atom. The van der Waals surface area contributed by atoms with Gasteiger partial charge >= 0.3 is 17.8 Å². The maximum Gasteiger partial charge on any atom is 0.437 e. The van der Waals surface area contributed by atoms with Crippen molar-refractivity contribution >= 4 is 34.4 Å². The number of hydrogen-bond acceptors (Lipinski definition) is 6. The predicted molar refractivity (Wildman–Crippen MR) is 83.4 cm³/mol. The zero-order valence-electron chi connectivity index (χ0n) is 12.9. The molecule has 2 aromatic rings. The van der Waals surface area contributed by atoms with Crippen LogP contribution in [-0.2, 0) is 9.63 Å². The van der Waals surface area contributed by atoms with Crippen LogP contribution in [0.15, 0.2) is 37.5 Å². The third-order valence-corrected chi connectivity index (χ3v) is 3.92. The number of carbonyl (C=O) groups is 1. The van der Waals surface area contributed by atoms with Gasteiger partial charge in [-0.1, -0.05) is 5.16 Å². The van der Waals surface area contributed by atoms with E-state index >= 15 is 0 Å². The number of nitrogens with zero attached hydrogens (tertiary/aromatic N) is 1. The summed E-state index contributed by atoms with van der Waals surface area (Å²) in [5.74, 6) is -1.04. The molecule has 0 aliphatic carbocycles. The summed E-state index contributed by atoms with van der Waals surface area (Å²) in [6.45, 7) is 2.69. The molecule has 0 spiro atoms. The molecule has 1 heterocycles. The van der Waals surface area contributed by atoms with Gasteiger partial charge in [-0.3, -0.25) is 0 Å². The number of alkyl halides is 3. The molecule has 0 N–H and O–H groups in total. The van der Waals surface area contributed by atoms with Crippen molar-refractivity contribution in [3.05, 3.63) is 39.7 Å². The first-order valence-electron chi connectivity index (χ1n) is 6.59. The fourth-order valence-electron chi connectivity index (χ4n) is 2.00. The second-order valence-corrected chi connectivity index (χ2v) is 5.68. The Morgan fingerprint density at radius 1 is 1.29 bits per heavy atom. The van der Waals surface area contributed by atoms with Crippen LogP contribution in [0.3, 0.4) is 0 Å². The molecule has 0 aliphatic rings. The van der Waals surface area contributed by atoms with Crippen LogP contribution in [0.2, 0.25) is 0 Å². The zero-order chi connectivity index (χ0) is 18.1. The number of carbonyl (C=O) groups excluding carboxylic acids is 1. The van der Waals surface area contributed by atoms with E-state index in [9.17, 15) is 22.8 Å². The van der Waals surface area contributed by atoms with E-state index in [-0.39, 0.29) is 5.58 Å². The third kappa shape index (κ3) is 3.78. The number of benzene rings is 1. The second kappa shape index (κ2) is 6.68. The molecular formula is C15H12F3NO4S. The van der Waals surface area contributed by atoms with Crippen molar-refractivity contribution in [2.75, 3.05) is 6.26 Å². The molecule has 128 valence electrons. The lowest BCUT2D eigenvalue weighted by Gasteiger charge is -2.10. The van der Waals surface area contributed by atoms with E-state index < -0.39 is 29.0 Å². The molecule has 0 fully saturated rings. The number of aryl methyl sites for hydroxylation is 1. The smallest absolute Gasteiger partial charge is 0.422 e. The Kier molecular flexibility index (Phi) is 5.02. The molecule has 0 saturated heterocycles. The van der Waals surface area contributed by atoms with Crippen LogP contribution < -0.4 is 5.63 Å². The fourth-order valence-corrected chi connectivity index (χ4v) is 2.62. The average molecular weight is 359 g/mol. The Morgan fingerprint density at radius 2 is 1.96 bits per heavy atom. The van der Waals surface area contributed by atoms with E-state index in [1.165, 1.54) is 11.8 Å². The highest BCUT2D eigenvalue weighted by Gasteiger charge is 2.40. The summed E-state index contributed by atoms with van der Waals surface area (Å²) in [5, 5.41) is 3.07. The molecule has 0 atom stereocenters. The van der Waals surface area contributed by atoms with E-state index in [1.807, 2.05) is 6.26 Å². The molecule has 1 aromatic heterocycles. The first-order valence-corrected chi connectivity index (χ1v) is 7.81. The molecule has 24 heavy (non-hydrogen) atoms. The summed E-state index contributed by atoms with van der Waals surface area (Å²) in [6.07, 6.45) is -3.18. The SMILES string of the molecule is CSc1cc2cc(/C(=N/OC(C)=O)C(F)(F)F)c(=O)oc2cc1C. The maximum absolute atomic E-state index is 13.1. The van der Waals surface area contributed by atoms with Crippen LogP contribution in [0, 0.1) is 6.92 Å². The Labute approximate surface area is 138 Å². The van der Waals surface area contributed by atoms with Crippen LogP contribution >= 0.6 is 11.8 Å². The molecule has 0 bridgehead atoms. The van der Waals surface area contributed by atoms with Crippen molar-refractivity contribution < 1.29 is 27.2 Å². The molecule has 0 unspecified atom stereocenters. The topological polar surface area (TPSA) is 68.9 Å². The van der Waals surface area contributed by atoms with Gasteiger partial charge < -0.3 is 9.25 Å². The minimum absolute atomic E-state index is 0.160. The highest BCUT2D eigenvalue weighted by atomic mass is 32.2. The van der Waals surface area contributed by atoms with Gasteiger partial charge in [0.05, 0.1) is 5.56 Å². The first-order chi connectivity index (χ1) is 11.1. The fraction of sp³-hybridized carbons (Fsp3) is 0.267. The Hall–Kier alpha value is -2.29. The summed E-state index contributed by atoms with van der Waals surface area (Å²) < 4.78 is 44.4. The lowest BCUT2D eigenvalue weighted by atomic mass is 10.1. The summed E-state index contributed by atoms with van der Waals surface area (Å²) in [4.78, 5) is 27.5. The lowest BCUT2D eigenvalue weighted by molar-refractivity contribution is -0.141. The monoisotopic (exact) mass is 359 g/mol. The van der Waals surface area contributed by atoms with E-state index in [2.05, 4.69) is 9.99 Å². The van der Waals surface area contributed by atoms with E-state index in [0.29, 0.717) is 5.39 Å². The van der Waals surface area contributed by atoms with Crippen molar-refractivity contribution in [1.29, 1.82) is 0 Å². The van der Waals surface area contributed by atoms with Crippen LogP contribution in [0.25, 0.3) is 11.0 Å². The minimum atomic E-state index is -5.00. The van der Waals surface area contributed by atoms with Crippen LogP contribution in [0.4, 0.5) is 13.2 Å². The summed E-state index contributed by atoms with van der Waals surface area (Å²) >= 11 is 1.41. The van der Waals surface area contributed by atoms with Gasteiger partial charge in [0.15, 0.2) is 5.71 Å². The number of thioether (sulfide) groups is 1. The first kappa shape index (κ1) is 18.1. The summed E-state index contributed by atoms with van der Waals surface area (Å²) in [7, 11) is 0. The average Bonchev–Trinajstić information content (AvgIpc) is 2.46. The number of oxime groups is 1. The van der Waals surface area contributed by atoms with E-state index in [1.54, 1.807) is 19.1 Å². The van der Waals surface area contributed by atoms with Crippen molar-refractivity contribution in [2.45, 2.75) is 24.9 Å². The summed E-state index contributed by atoms with van der Waals surface area (Å²) in [5.41, 5.74) is -2.68. The highest BCUT2D eigenvalue weighted by molar-refractivity contribution is 7.98. The van der Waals surface area contributed by atoms with Gasteiger partial charge in [-0.15, -0.1) is 11.8 Å². The normalized spacial score (nSPS) is 12.5. The number of halogens is 3. The van der Waals surface area contributed by atoms with Gasteiger partial charge in [0.2, 0.25) is 0 Å².